The van der Waals surface area contributed by atoms with Gasteiger partial charge in [-0.3, -0.25) is 4.79 Å². The van der Waals surface area contributed by atoms with Crippen LogP contribution in [0.3, 0.4) is 0 Å². The topological polar surface area (TPSA) is 57.7 Å². The van der Waals surface area contributed by atoms with Gasteiger partial charge in [-0.15, -0.1) is 11.3 Å². The van der Waals surface area contributed by atoms with Crippen molar-refractivity contribution in [3.05, 3.63) is 17.0 Å². The van der Waals surface area contributed by atoms with Gasteiger partial charge < -0.3 is 4.90 Å². The number of carbonyl (C=O) groups excluding carboxylic acids is 1. The number of sulfonamides is 1. The normalized spacial score (nSPS) is 21.4. The highest BCUT2D eigenvalue weighted by atomic mass is 32.2. The summed E-state index contributed by atoms with van der Waals surface area (Å²) in [6.07, 6.45) is 3.84. The highest BCUT2D eigenvalue weighted by Crippen LogP contribution is 2.29. The van der Waals surface area contributed by atoms with Gasteiger partial charge in [-0.1, -0.05) is 6.42 Å². The van der Waals surface area contributed by atoms with Crippen LogP contribution in [0.4, 0.5) is 0 Å². The molecule has 0 radical (unpaired) electrons. The van der Waals surface area contributed by atoms with Crippen LogP contribution in [-0.4, -0.2) is 49.7 Å². The highest BCUT2D eigenvalue weighted by molar-refractivity contribution is 7.91. The molecule has 2 aliphatic rings. The molecule has 0 unspecified atom stereocenters. The fourth-order valence-corrected chi connectivity index (χ4v) is 5.85. The molecule has 3 rings (SSSR count). The predicted molar refractivity (Wildman–Crippen MR) is 86.4 cm³/mol. The summed E-state index contributed by atoms with van der Waals surface area (Å²) < 4.78 is 27.3. The molecular formula is C15H22N2O3S2. The van der Waals surface area contributed by atoms with Crippen molar-refractivity contribution < 1.29 is 13.2 Å². The van der Waals surface area contributed by atoms with Crippen molar-refractivity contribution >= 4 is 27.3 Å². The third-order valence-electron chi connectivity index (χ3n) is 4.53. The minimum Gasteiger partial charge on any atom is -0.341 e. The van der Waals surface area contributed by atoms with Crippen molar-refractivity contribution in [3.63, 3.8) is 0 Å². The number of hydrogen-bond donors (Lipinski definition) is 0. The van der Waals surface area contributed by atoms with E-state index in [9.17, 15) is 13.2 Å². The monoisotopic (exact) mass is 342 g/mol. The molecule has 22 heavy (non-hydrogen) atoms. The van der Waals surface area contributed by atoms with E-state index in [2.05, 4.69) is 0 Å². The van der Waals surface area contributed by atoms with Gasteiger partial charge in [0.05, 0.1) is 0 Å². The fourth-order valence-electron chi connectivity index (χ4n) is 2.95. The maximum Gasteiger partial charge on any atom is 0.252 e. The summed E-state index contributed by atoms with van der Waals surface area (Å²) in [5, 5.41) is 0. The fraction of sp³-hybridized carbons (Fsp3) is 0.667. The van der Waals surface area contributed by atoms with Crippen LogP contribution in [0.2, 0.25) is 0 Å². The van der Waals surface area contributed by atoms with Crippen LogP contribution in [0.15, 0.2) is 16.3 Å². The third-order valence-corrected chi connectivity index (χ3v) is 7.90. The quantitative estimate of drug-likeness (QED) is 0.845. The Morgan fingerprint density at radius 3 is 2.50 bits per heavy atom. The van der Waals surface area contributed by atoms with Crippen molar-refractivity contribution in [2.45, 2.75) is 36.8 Å². The van der Waals surface area contributed by atoms with Gasteiger partial charge in [-0.05, 0) is 38.3 Å². The molecule has 1 aliphatic carbocycles. The molecule has 0 aromatic carbocycles. The van der Waals surface area contributed by atoms with Crippen molar-refractivity contribution in [2.24, 2.45) is 5.92 Å². The largest absolute Gasteiger partial charge is 0.341 e. The first-order chi connectivity index (χ1) is 10.5. The van der Waals surface area contributed by atoms with Crippen molar-refractivity contribution in [1.29, 1.82) is 0 Å². The molecule has 7 heteroatoms. The first kappa shape index (κ1) is 16.0. The number of aryl methyl sites for hydroxylation is 1. The molecular weight excluding hydrogens is 320 g/mol. The Labute approximate surface area is 136 Å². The summed E-state index contributed by atoms with van der Waals surface area (Å²) in [6.45, 7) is 3.99. The second-order valence-electron chi connectivity index (χ2n) is 6.08. The second kappa shape index (κ2) is 6.29. The van der Waals surface area contributed by atoms with Gasteiger partial charge >= 0.3 is 0 Å². The van der Waals surface area contributed by atoms with E-state index in [0.717, 1.165) is 24.1 Å². The van der Waals surface area contributed by atoms with Gasteiger partial charge in [0.25, 0.3) is 10.0 Å². The van der Waals surface area contributed by atoms with E-state index in [1.807, 2.05) is 17.9 Å². The van der Waals surface area contributed by atoms with Gasteiger partial charge in [-0.2, -0.15) is 4.31 Å². The molecule has 1 aliphatic heterocycles. The summed E-state index contributed by atoms with van der Waals surface area (Å²) in [4.78, 5) is 15.2. The van der Waals surface area contributed by atoms with Crippen LogP contribution in [-0.2, 0) is 14.8 Å². The molecule has 0 atom stereocenters. The molecule has 1 saturated carbocycles. The lowest BCUT2D eigenvalue weighted by molar-refractivity contribution is -0.138. The van der Waals surface area contributed by atoms with E-state index in [4.69, 9.17) is 0 Å². The zero-order chi connectivity index (χ0) is 15.7. The average molecular weight is 342 g/mol. The predicted octanol–water partition coefficient (Wildman–Crippen LogP) is 2.08. The summed E-state index contributed by atoms with van der Waals surface area (Å²) >= 11 is 1.31. The van der Waals surface area contributed by atoms with Crippen LogP contribution < -0.4 is 0 Å². The maximum absolute atomic E-state index is 12.7. The van der Waals surface area contributed by atoms with Gasteiger partial charge in [0.2, 0.25) is 5.91 Å². The number of amides is 1. The second-order valence-corrected chi connectivity index (χ2v) is 9.53. The zero-order valence-electron chi connectivity index (χ0n) is 12.8. The Bertz CT molecular complexity index is 649. The molecule has 0 N–H and O–H groups in total. The van der Waals surface area contributed by atoms with Crippen LogP contribution in [0, 0.1) is 12.8 Å². The van der Waals surface area contributed by atoms with Crippen LogP contribution in [0.25, 0.3) is 0 Å². The van der Waals surface area contributed by atoms with E-state index >= 15 is 0 Å². The Morgan fingerprint density at radius 1 is 1.14 bits per heavy atom. The van der Waals surface area contributed by atoms with Gasteiger partial charge in [0, 0.05) is 37.0 Å². The van der Waals surface area contributed by atoms with E-state index in [1.165, 1.54) is 15.6 Å². The van der Waals surface area contributed by atoms with E-state index < -0.39 is 10.0 Å². The Hall–Kier alpha value is -0.920. The molecule has 0 bridgehead atoms. The van der Waals surface area contributed by atoms with E-state index in [0.29, 0.717) is 36.8 Å². The molecule has 5 nitrogen and oxygen atoms in total. The number of rotatable bonds is 3. The van der Waals surface area contributed by atoms with Crippen LogP contribution in [0.5, 0.6) is 0 Å². The minimum absolute atomic E-state index is 0.183. The number of carbonyl (C=O) groups is 1. The van der Waals surface area contributed by atoms with Gasteiger partial charge in [0.1, 0.15) is 4.21 Å². The highest BCUT2D eigenvalue weighted by Gasteiger charge is 2.33. The van der Waals surface area contributed by atoms with Crippen LogP contribution in [0.1, 0.15) is 30.6 Å². The Morgan fingerprint density at radius 2 is 1.91 bits per heavy atom. The van der Waals surface area contributed by atoms with Gasteiger partial charge in [0.15, 0.2) is 0 Å². The molecule has 1 aromatic rings. The smallest absolute Gasteiger partial charge is 0.252 e. The standard InChI is InChI=1S/C15H22N2O3S2/c1-12-6-7-14(21-12)22(19,20)17-9-3-8-16(10-11-17)15(18)13-4-2-5-13/h6-7,13H,2-5,8-11H2,1H3. The molecule has 0 spiro atoms. The van der Waals surface area contributed by atoms with E-state index in [-0.39, 0.29) is 11.8 Å². The maximum atomic E-state index is 12.7. The third kappa shape index (κ3) is 3.07. The van der Waals surface area contributed by atoms with E-state index in [1.54, 1.807) is 6.07 Å². The Balaban J connectivity index is 1.68. The average Bonchev–Trinajstić information content (AvgIpc) is 2.72. The molecule has 1 aromatic heterocycles. The number of hydrogen-bond acceptors (Lipinski definition) is 4. The first-order valence-corrected chi connectivity index (χ1v) is 10.1. The Kier molecular flexibility index (Phi) is 4.56. The molecule has 2 heterocycles. The lowest BCUT2D eigenvalue weighted by Gasteiger charge is -2.30. The van der Waals surface area contributed by atoms with Crippen LogP contribution >= 0.6 is 11.3 Å². The summed E-state index contributed by atoms with van der Waals surface area (Å²) in [6, 6.07) is 3.51. The molecule has 2 fully saturated rings. The van der Waals surface area contributed by atoms with Crippen molar-refractivity contribution in [1.82, 2.24) is 9.21 Å². The molecule has 1 saturated heterocycles. The summed E-state index contributed by atoms with van der Waals surface area (Å²) in [5.74, 6) is 0.403. The minimum atomic E-state index is -3.41. The molecule has 122 valence electrons. The van der Waals surface area contributed by atoms with Crippen molar-refractivity contribution in [3.8, 4) is 0 Å². The lowest BCUT2D eigenvalue weighted by atomic mass is 9.84. The number of thiophene rings is 1. The SMILES string of the molecule is Cc1ccc(S(=O)(=O)N2CCCN(C(=O)C3CCC3)CC2)s1. The lowest BCUT2D eigenvalue weighted by Crippen LogP contribution is -2.41. The van der Waals surface area contributed by atoms with Crippen molar-refractivity contribution in [2.75, 3.05) is 26.2 Å². The molecule has 1 amide bonds. The van der Waals surface area contributed by atoms with Gasteiger partial charge in [-0.25, -0.2) is 8.42 Å². The first-order valence-electron chi connectivity index (χ1n) is 7.84. The number of nitrogens with zero attached hydrogens (tertiary/aromatic N) is 2. The summed E-state index contributed by atoms with van der Waals surface area (Å²) in [5.41, 5.74) is 0. The zero-order valence-corrected chi connectivity index (χ0v) is 14.5. The summed E-state index contributed by atoms with van der Waals surface area (Å²) in [7, 11) is -3.41.